The molecule has 2 aromatic carbocycles. The third-order valence-corrected chi connectivity index (χ3v) is 4.74. The number of ether oxygens (including phenoxy) is 2. The van der Waals surface area contributed by atoms with Gasteiger partial charge in [0.15, 0.2) is 11.5 Å². The van der Waals surface area contributed by atoms with Gasteiger partial charge in [0.1, 0.15) is 25.8 Å². The molecule has 1 fully saturated rings. The number of hydrogen-bond donors (Lipinski definition) is 3. The number of fused-ring (bicyclic) bond motifs is 1. The van der Waals surface area contributed by atoms with E-state index in [1.165, 1.54) is 0 Å². The zero-order valence-electron chi connectivity index (χ0n) is 16.4. The van der Waals surface area contributed by atoms with E-state index in [9.17, 15) is 19.2 Å². The van der Waals surface area contributed by atoms with Crippen molar-refractivity contribution < 1.29 is 28.7 Å². The van der Waals surface area contributed by atoms with E-state index < -0.39 is 36.5 Å². The molecule has 0 bridgehead atoms. The van der Waals surface area contributed by atoms with Crippen molar-refractivity contribution in [3.8, 4) is 11.5 Å². The van der Waals surface area contributed by atoms with Gasteiger partial charge in [-0.1, -0.05) is 30.3 Å². The quantitative estimate of drug-likeness (QED) is 0.621. The fraction of sp³-hybridized carbons (Fsp3) is 0.238. The Hall–Kier alpha value is -4.08. The number of anilines is 1. The first kappa shape index (κ1) is 20.2. The van der Waals surface area contributed by atoms with Crippen molar-refractivity contribution in [1.29, 1.82) is 0 Å². The molecule has 31 heavy (non-hydrogen) atoms. The molecule has 6 amide bonds. The average molecular weight is 424 g/mol. The average Bonchev–Trinajstić information content (AvgIpc) is 3.01. The number of amides is 6. The van der Waals surface area contributed by atoms with E-state index in [1.807, 2.05) is 30.3 Å². The van der Waals surface area contributed by atoms with E-state index in [0.717, 1.165) is 10.5 Å². The maximum Gasteiger partial charge on any atom is 0.325 e. The number of hydrogen-bond acceptors (Lipinski definition) is 6. The summed E-state index contributed by atoms with van der Waals surface area (Å²) in [6.07, 6.45) is 0.314. The lowest BCUT2D eigenvalue weighted by atomic mass is 10.1. The minimum absolute atomic E-state index is 0.314. The lowest BCUT2D eigenvalue weighted by Crippen LogP contribution is -2.44. The Morgan fingerprint density at radius 2 is 1.77 bits per heavy atom. The number of benzene rings is 2. The van der Waals surface area contributed by atoms with Crippen molar-refractivity contribution >= 4 is 29.6 Å². The second-order valence-electron chi connectivity index (χ2n) is 6.98. The van der Waals surface area contributed by atoms with Gasteiger partial charge in [-0.25, -0.2) is 9.59 Å². The summed E-state index contributed by atoms with van der Waals surface area (Å²) in [7, 11) is 0. The van der Waals surface area contributed by atoms with Gasteiger partial charge in [0.05, 0.1) is 0 Å². The highest BCUT2D eigenvalue weighted by atomic mass is 16.6. The predicted molar refractivity (Wildman–Crippen MR) is 109 cm³/mol. The molecule has 3 N–H and O–H groups in total. The molecule has 2 aliphatic heterocycles. The Balaban J connectivity index is 1.30. The molecule has 0 aromatic heterocycles. The molecule has 2 heterocycles. The first-order chi connectivity index (χ1) is 15.0. The van der Waals surface area contributed by atoms with Crippen molar-refractivity contribution in [2.75, 3.05) is 25.1 Å². The van der Waals surface area contributed by atoms with Gasteiger partial charge in [0, 0.05) is 18.2 Å². The molecule has 2 aromatic rings. The SMILES string of the molecule is O=C(CN1C(=O)NC(Cc2ccccc2)C1=O)NC(=O)Nc1ccc2c(c1)OCCO2. The summed E-state index contributed by atoms with van der Waals surface area (Å²) in [4.78, 5) is 49.7. The van der Waals surface area contributed by atoms with Gasteiger partial charge in [-0.3, -0.25) is 19.8 Å². The van der Waals surface area contributed by atoms with Crippen LogP contribution in [0.1, 0.15) is 5.56 Å². The van der Waals surface area contributed by atoms with E-state index in [4.69, 9.17) is 9.47 Å². The fourth-order valence-corrected chi connectivity index (χ4v) is 3.31. The van der Waals surface area contributed by atoms with Crippen LogP contribution < -0.4 is 25.4 Å². The van der Waals surface area contributed by atoms with E-state index >= 15 is 0 Å². The summed E-state index contributed by atoms with van der Waals surface area (Å²) in [5.41, 5.74) is 1.28. The molecular formula is C21H20N4O6. The topological polar surface area (TPSA) is 126 Å². The zero-order valence-corrected chi connectivity index (χ0v) is 16.4. The summed E-state index contributed by atoms with van der Waals surface area (Å²) >= 11 is 0. The highest BCUT2D eigenvalue weighted by Crippen LogP contribution is 2.32. The van der Waals surface area contributed by atoms with E-state index in [-0.39, 0.29) is 0 Å². The molecule has 1 unspecified atom stereocenters. The van der Waals surface area contributed by atoms with Crippen LogP contribution in [0.4, 0.5) is 15.3 Å². The minimum atomic E-state index is -0.797. The van der Waals surface area contributed by atoms with Crippen LogP contribution in [0.5, 0.6) is 11.5 Å². The molecule has 1 atom stereocenters. The molecule has 0 radical (unpaired) electrons. The number of rotatable bonds is 5. The predicted octanol–water partition coefficient (Wildman–Crippen LogP) is 1.27. The summed E-state index contributed by atoms with van der Waals surface area (Å²) < 4.78 is 10.8. The van der Waals surface area contributed by atoms with Crippen molar-refractivity contribution in [3.05, 3.63) is 54.1 Å². The van der Waals surface area contributed by atoms with Crippen molar-refractivity contribution in [2.24, 2.45) is 0 Å². The lowest BCUT2D eigenvalue weighted by molar-refractivity contribution is -0.131. The van der Waals surface area contributed by atoms with Crippen LogP contribution in [0.15, 0.2) is 48.5 Å². The zero-order chi connectivity index (χ0) is 21.8. The highest BCUT2D eigenvalue weighted by Gasteiger charge is 2.39. The summed E-state index contributed by atoms with van der Waals surface area (Å²) in [5, 5.41) is 7.17. The first-order valence-electron chi connectivity index (χ1n) is 9.66. The second kappa shape index (κ2) is 8.74. The minimum Gasteiger partial charge on any atom is -0.486 e. The molecule has 160 valence electrons. The van der Waals surface area contributed by atoms with Crippen LogP contribution in [0.3, 0.4) is 0 Å². The number of imide groups is 2. The molecule has 10 nitrogen and oxygen atoms in total. The van der Waals surface area contributed by atoms with Crippen LogP contribution >= 0.6 is 0 Å². The molecule has 10 heteroatoms. The van der Waals surface area contributed by atoms with Crippen LogP contribution in [0.25, 0.3) is 0 Å². The normalized spacial score (nSPS) is 17.2. The van der Waals surface area contributed by atoms with Gasteiger partial charge in [-0.15, -0.1) is 0 Å². The van der Waals surface area contributed by atoms with Crippen LogP contribution in [0.2, 0.25) is 0 Å². The number of nitrogens with one attached hydrogen (secondary N) is 3. The van der Waals surface area contributed by atoms with Crippen LogP contribution in [0, 0.1) is 0 Å². The first-order valence-corrected chi connectivity index (χ1v) is 9.66. The molecule has 0 saturated carbocycles. The van der Waals surface area contributed by atoms with Gasteiger partial charge in [0.25, 0.3) is 5.91 Å². The standard InChI is InChI=1S/C21H20N4O6/c26-18(24-20(28)22-14-6-7-16-17(11-14)31-9-8-30-16)12-25-19(27)15(23-21(25)29)10-13-4-2-1-3-5-13/h1-7,11,15H,8-10,12H2,(H,23,29)(H2,22,24,26,28). The fourth-order valence-electron chi connectivity index (χ4n) is 3.31. The Kier molecular flexibility index (Phi) is 5.69. The number of urea groups is 2. The van der Waals surface area contributed by atoms with E-state index in [2.05, 4.69) is 16.0 Å². The summed E-state index contributed by atoms with van der Waals surface area (Å²) in [6, 6.07) is 11.8. The van der Waals surface area contributed by atoms with Crippen LogP contribution in [-0.2, 0) is 16.0 Å². The Morgan fingerprint density at radius 3 is 2.55 bits per heavy atom. The smallest absolute Gasteiger partial charge is 0.325 e. The maximum atomic E-state index is 12.5. The third kappa shape index (κ3) is 4.74. The molecule has 4 rings (SSSR count). The van der Waals surface area contributed by atoms with Crippen LogP contribution in [-0.4, -0.2) is 54.6 Å². The van der Waals surface area contributed by atoms with Gasteiger partial charge in [0.2, 0.25) is 5.91 Å². The van der Waals surface area contributed by atoms with Crippen molar-refractivity contribution in [1.82, 2.24) is 15.5 Å². The molecule has 1 saturated heterocycles. The van der Waals surface area contributed by atoms with E-state index in [0.29, 0.717) is 36.8 Å². The van der Waals surface area contributed by atoms with Crippen molar-refractivity contribution in [3.63, 3.8) is 0 Å². The third-order valence-electron chi connectivity index (χ3n) is 4.74. The molecular weight excluding hydrogens is 404 g/mol. The van der Waals surface area contributed by atoms with E-state index in [1.54, 1.807) is 18.2 Å². The Bertz CT molecular complexity index is 1030. The maximum absolute atomic E-state index is 12.5. The number of carbonyl (C=O) groups excluding carboxylic acids is 4. The largest absolute Gasteiger partial charge is 0.486 e. The highest BCUT2D eigenvalue weighted by molar-refractivity contribution is 6.09. The second-order valence-corrected chi connectivity index (χ2v) is 6.98. The summed E-state index contributed by atoms with van der Waals surface area (Å²) in [5.74, 6) is -0.258. The van der Waals surface area contributed by atoms with Gasteiger partial charge in [-0.05, 0) is 17.7 Å². The van der Waals surface area contributed by atoms with Gasteiger partial charge >= 0.3 is 12.1 Å². The number of carbonyl (C=O) groups is 4. The molecule has 0 aliphatic carbocycles. The Morgan fingerprint density at radius 1 is 1.03 bits per heavy atom. The lowest BCUT2D eigenvalue weighted by Gasteiger charge is -2.19. The van der Waals surface area contributed by atoms with Crippen molar-refractivity contribution in [2.45, 2.75) is 12.5 Å². The number of nitrogens with zero attached hydrogens (tertiary/aromatic N) is 1. The monoisotopic (exact) mass is 424 g/mol. The molecule has 0 spiro atoms. The van der Waals surface area contributed by atoms with Gasteiger partial charge < -0.3 is 20.1 Å². The van der Waals surface area contributed by atoms with Gasteiger partial charge in [-0.2, -0.15) is 0 Å². The molecule has 2 aliphatic rings. The Labute approximate surface area is 177 Å². The summed E-state index contributed by atoms with van der Waals surface area (Å²) in [6.45, 7) is 0.284.